The van der Waals surface area contributed by atoms with Gasteiger partial charge in [0.1, 0.15) is 6.61 Å². The van der Waals surface area contributed by atoms with E-state index in [4.69, 9.17) is 25.8 Å². The molecule has 230 valence electrons. The molecule has 0 saturated carbocycles. The van der Waals surface area contributed by atoms with Crippen molar-refractivity contribution in [3.8, 4) is 11.5 Å². The highest BCUT2D eigenvalue weighted by molar-refractivity contribution is 14.1. The Kier molecular flexibility index (Phi) is 9.36. The highest BCUT2D eigenvalue weighted by Crippen LogP contribution is 2.55. The van der Waals surface area contributed by atoms with Crippen LogP contribution in [-0.4, -0.2) is 43.8 Å². The maximum Gasteiger partial charge on any atom is 0.174 e. The molecule has 5 rings (SSSR count). The first-order valence-electron chi connectivity index (χ1n) is 14.9. The first kappa shape index (κ1) is 32.0. The lowest BCUT2D eigenvalue weighted by atomic mass is 9.63. The summed E-state index contributed by atoms with van der Waals surface area (Å²) in [6.45, 7) is 10.3. The van der Waals surface area contributed by atoms with Crippen molar-refractivity contribution >= 4 is 45.8 Å². The van der Waals surface area contributed by atoms with Gasteiger partial charge in [-0.3, -0.25) is 9.59 Å². The van der Waals surface area contributed by atoms with Crippen molar-refractivity contribution < 1.29 is 23.8 Å². The Balaban J connectivity index is 1.65. The smallest absolute Gasteiger partial charge is 0.174 e. The van der Waals surface area contributed by atoms with Crippen LogP contribution >= 0.6 is 34.2 Å². The zero-order valence-corrected chi connectivity index (χ0v) is 28.9. The second-order valence-electron chi connectivity index (χ2n) is 13.4. The minimum absolute atomic E-state index is 0.116. The number of benzene rings is 2. The number of hydrogen-bond donors (Lipinski definition) is 0. The number of ether oxygens (including phenoxy) is 3. The molecular formula is C35H41ClINO5. The van der Waals surface area contributed by atoms with Gasteiger partial charge >= 0.3 is 0 Å². The molecule has 0 amide bonds. The van der Waals surface area contributed by atoms with Gasteiger partial charge in [0.25, 0.3) is 0 Å². The Morgan fingerprint density at radius 2 is 1.53 bits per heavy atom. The first-order valence-corrected chi connectivity index (χ1v) is 16.3. The molecule has 2 aromatic carbocycles. The van der Waals surface area contributed by atoms with Crippen LogP contribution in [-0.2, 0) is 20.9 Å². The van der Waals surface area contributed by atoms with Gasteiger partial charge in [-0.05, 0) is 76.4 Å². The fourth-order valence-electron chi connectivity index (χ4n) is 6.83. The number of ketones is 2. The summed E-state index contributed by atoms with van der Waals surface area (Å²) in [6, 6.07) is 11.6. The summed E-state index contributed by atoms with van der Waals surface area (Å²) in [5.41, 5.74) is 5.03. The largest absolute Gasteiger partial charge is 0.493 e. The standard InChI is InChI=1S/C35H41ClINO5/c1-34(2)16-25-31(27(39)18-34)30(32-26(38(25)12-9-13-41-5)17-35(3,4)19-28(32)40)22-14-24(37)33(29(15-22)42-6)43-20-21-10-7-8-11-23(21)36/h7-8,10-11,14-15,30H,9,12-13,16-20H2,1-6H3. The van der Waals surface area contributed by atoms with Gasteiger partial charge in [-0.1, -0.05) is 57.5 Å². The maximum absolute atomic E-state index is 14.1. The molecule has 0 fully saturated rings. The van der Waals surface area contributed by atoms with E-state index in [1.165, 1.54) is 0 Å². The normalized spacial score (nSPS) is 19.9. The number of allylic oxidation sites excluding steroid dienone is 4. The quantitative estimate of drug-likeness (QED) is 0.192. The lowest BCUT2D eigenvalue weighted by Gasteiger charge is -2.49. The number of Topliss-reactive ketones (excluding diaryl/α,β-unsaturated/α-hetero) is 2. The summed E-state index contributed by atoms with van der Waals surface area (Å²) in [4.78, 5) is 30.5. The van der Waals surface area contributed by atoms with Crippen LogP contribution in [0.3, 0.4) is 0 Å². The molecule has 43 heavy (non-hydrogen) atoms. The maximum atomic E-state index is 14.1. The third-order valence-corrected chi connectivity index (χ3v) is 9.84. The summed E-state index contributed by atoms with van der Waals surface area (Å²) in [6.07, 6.45) is 3.25. The van der Waals surface area contributed by atoms with E-state index >= 15 is 0 Å². The molecule has 0 aromatic heterocycles. The molecule has 0 bridgehead atoms. The molecule has 0 atom stereocenters. The Morgan fingerprint density at radius 3 is 2.09 bits per heavy atom. The minimum Gasteiger partial charge on any atom is -0.493 e. The van der Waals surface area contributed by atoms with Crippen LogP contribution in [0.5, 0.6) is 11.5 Å². The van der Waals surface area contributed by atoms with Crippen molar-refractivity contribution in [3.05, 3.63) is 78.7 Å². The molecular weight excluding hydrogens is 677 g/mol. The highest BCUT2D eigenvalue weighted by atomic mass is 127. The predicted molar refractivity (Wildman–Crippen MR) is 178 cm³/mol. The SMILES string of the molecule is COCCCN1C2=C(C(=O)CC(C)(C)C2)C(c2cc(I)c(OCc3ccccc3Cl)c(OC)c2)C2=C1CC(C)(C)CC2=O. The average Bonchev–Trinajstić information content (AvgIpc) is 2.92. The molecule has 0 unspecified atom stereocenters. The third kappa shape index (κ3) is 6.54. The van der Waals surface area contributed by atoms with Crippen LogP contribution in [0.25, 0.3) is 0 Å². The van der Waals surface area contributed by atoms with Crippen molar-refractivity contribution in [2.45, 2.75) is 72.3 Å². The van der Waals surface area contributed by atoms with E-state index in [9.17, 15) is 9.59 Å². The van der Waals surface area contributed by atoms with Crippen molar-refractivity contribution in [3.63, 3.8) is 0 Å². The lowest BCUT2D eigenvalue weighted by molar-refractivity contribution is -0.119. The molecule has 6 nitrogen and oxygen atoms in total. The molecule has 1 aliphatic heterocycles. The van der Waals surface area contributed by atoms with E-state index in [0.29, 0.717) is 42.5 Å². The summed E-state index contributed by atoms with van der Waals surface area (Å²) in [5, 5.41) is 0.641. The van der Waals surface area contributed by atoms with Crippen LogP contribution in [0, 0.1) is 14.4 Å². The Bertz CT molecular complexity index is 1450. The number of carbonyl (C=O) groups excluding carboxylic acids is 2. The van der Waals surface area contributed by atoms with E-state index in [-0.39, 0.29) is 29.0 Å². The van der Waals surface area contributed by atoms with E-state index in [1.807, 2.05) is 36.4 Å². The van der Waals surface area contributed by atoms with Crippen LogP contribution in [0.2, 0.25) is 5.02 Å². The van der Waals surface area contributed by atoms with Crippen molar-refractivity contribution in [1.29, 1.82) is 0 Å². The monoisotopic (exact) mass is 717 g/mol. The number of hydrogen-bond acceptors (Lipinski definition) is 6. The number of halogens is 2. The number of methoxy groups -OCH3 is 2. The highest BCUT2D eigenvalue weighted by Gasteiger charge is 2.49. The second kappa shape index (κ2) is 12.6. The van der Waals surface area contributed by atoms with Crippen molar-refractivity contribution in [2.24, 2.45) is 10.8 Å². The van der Waals surface area contributed by atoms with Crippen LogP contribution < -0.4 is 9.47 Å². The van der Waals surface area contributed by atoms with E-state index in [2.05, 4.69) is 55.2 Å². The van der Waals surface area contributed by atoms with Crippen LogP contribution in [0.1, 0.15) is 76.8 Å². The molecule has 0 saturated heterocycles. The fourth-order valence-corrected chi connectivity index (χ4v) is 7.80. The lowest BCUT2D eigenvalue weighted by Crippen LogP contribution is -2.44. The van der Waals surface area contributed by atoms with Gasteiger partial charge in [-0.2, -0.15) is 0 Å². The zero-order chi connectivity index (χ0) is 31.1. The van der Waals surface area contributed by atoms with Gasteiger partial charge in [0.05, 0.1) is 10.7 Å². The third-order valence-electron chi connectivity index (χ3n) is 8.67. The summed E-state index contributed by atoms with van der Waals surface area (Å²) in [5.74, 6) is 0.957. The topological polar surface area (TPSA) is 65.1 Å². The van der Waals surface area contributed by atoms with Crippen LogP contribution in [0.15, 0.2) is 58.9 Å². The zero-order valence-electron chi connectivity index (χ0n) is 25.9. The Hall–Kier alpha value is -2.36. The van der Waals surface area contributed by atoms with Gasteiger partial charge in [-0.15, -0.1) is 0 Å². The van der Waals surface area contributed by atoms with Gasteiger partial charge in [0.2, 0.25) is 0 Å². The minimum atomic E-state index is -0.448. The molecule has 2 aliphatic carbocycles. The predicted octanol–water partition coefficient (Wildman–Crippen LogP) is 8.25. The number of rotatable bonds is 9. The van der Waals surface area contributed by atoms with Crippen molar-refractivity contribution in [2.75, 3.05) is 27.4 Å². The fraction of sp³-hybridized carbons (Fsp3) is 0.486. The second-order valence-corrected chi connectivity index (χ2v) is 15.0. The van der Waals surface area contributed by atoms with E-state index in [0.717, 1.165) is 56.5 Å². The van der Waals surface area contributed by atoms with Gasteiger partial charge in [0, 0.05) is 72.1 Å². The van der Waals surface area contributed by atoms with Gasteiger partial charge < -0.3 is 19.1 Å². The van der Waals surface area contributed by atoms with Crippen molar-refractivity contribution in [1.82, 2.24) is 4.90 Å². The Labute approximate surface area is 273 Å². The van der Waals surface area contributed by atoms with E-state index < -0.39 is 5.92 Å². The summed E-state index contributed by atoms with van der Waals surface area (Å²) >= 11 is 8.64. The number of nitrogens with zero attached hydrogens (tertiary/aromatic N) is 1. The molecule has 2 aromatic rings. The van der Waals surface area contributed by atoms with Gasteiger partial charge in [0.15, 0.2) is 23.1 Å². The summed E-state index contributed by atoms with van der Waals surface area (Å²) < 4.78 is 18.4. The molecule has 8 heteroatoms. The Morgan fingerprint density at radius 1 is 0.930 bits per heavy atom. The number of carbonyl (C=O) groups is 2. The summed E-state index contributed by atoms with van der Waals surface area (Å²) in [7, 11) is 3.33. The van der Waals surface area contributed by atoms with E-state index in [1.54, 1.807) is 14.2 Å². The molecule has 3 aliphatic rings. The first-order chi connectivity index (χ1) is 20.4. The molecule has 0 spiro atoms. The average molecular weight is 718 g/mol. The molecule has 1 heterocycles. The molecule has 0 radical (unpaired) electrons. The van der Waals surface area contributed by atoms with Gasteiger partial charge in [-0.25, -0.2) is 0 Å². The van der Waals surface area contributed by atoms with Crippen LogP contribution in [0.4, 0.5) is 0 Å². The molecule has 0 N–H and O–H groups in total.